The molecule has 2 amide bonds. The first-order valence-electron chi connectivity index (χ1n) is 6.57. The smallest absolute Gasteiger partial charge is 0.240 e. The molecule has 0 atom stereocenters. The van der Waals surface area contributed by atoms with E-state index in [4.69, 9.17) is 23.2 Å². The Balaban J connectivity index is 1.83. The third kappa shape index (κ3) is 5.47. The van der Waals surface area contributed by atoms with Crippen molar-refractivity contribution >= 4 is 57.2 Å². The number of benzene rings is 1. The molecule has 0 aliphatic heterocycles. The maximum atomic E-state index is 12.0. The Morgan fingerprint density at radius 1 is 1.17 bits per heavy atom. The number of aromatic nitrogens is 1. The molecule has 23 heavy (non-hydrogen) atoms. The van der Waals surface area contributed by atoms with Crippen molar-refractivity contribution < 1.29 is 9.59 Å². The van der Waals surface area contributed by atoms with E-state index in [0.29, 0.717) is 20.9 Å². The van der Waals surface area contributed by atoms with E-state index in [0.717, 1.165) is 0 Å². The second-order valence-corrected chi connectivity index (χ2v) is 6.41. The van der Waals surface area contributed by atoms with Gasteiger partial charge in [0.1, 0.15) is 0 Å². The van der Waals surface area contributed by atoms with Gasteiger partial charge >= 0.3 is 0 Å². The number of para-hydroxylation sites is 1. The Bertz CT molecular complexity index is 674. The Labute approximate surface area is 147 Å². The zero-order valence-electron chi connectivity index (χ0n) is 12.2. The molecular weight excluding hydrogens is 359 g/mol. The second-order valence-electron chi connectivity index (χ2n) is 4.70. The summed E-state index contributed by atoms with van der Waals surface area (Å²) in [5, 5.41) is 8.29. The van der Waals surface area contributed by atoms with Crippen LogP contribution in [0.2, 0.25) is 10.0 Å². The van der Waals surface area contributed by atoms with Crippen LogP contribution in [0, 0.1) is 0 Å². The summed E-state index contributed by atoms with van der Waals surface area (Å²) in [6.45, 7) is 0.0795. The molecule has 0 fully saturated rings. The molecule has 9 heteroatoms. The van der Waals surface area contributed by atoms with Crippen LogP contribution in [0.4, 0.5) is 10.8 Å². The first kappa shape index (κ1) is 17.7. The molecule has 0 spiro atoms. The second kappa shape index (κ2) is 8.26. The number of amides is 2. The Morgan fingerprint density at radius 3 is 2.35 bits per heavy atom. The third-order valence-corrected chi connectivity index (χ3v) is 4.05. The summed E-state index contributed by atoms with van der Waals surface area (Å²) < 4.78 is 0. The SMILES string of the molecule is CN(CC(=O)Nc1nccs1)CC(=O)Nc1c(Cl)cccc1Cl. The number of carbonyl (C=O) groups is 2. The molecule has 0 unspecified atom stereocenters. The summed E-state index contributed by atoms with van der Waals surface area (Å²) in [7, 11) is 1.66. The van der Waals surface area contributed by atoms with Crippen LogP contribution in [0.25, 0.3) is 0 Å². The molecule has 2 aromatic rings. The van der Waals surface area contributed by atoms with E-state index in [2.05, 4.69) is 15.6 Å². The van der Waals surface area contributed by atoms with Gasteiger partial charge in [-0.15, -0.1) is 11.3 Å². The van der Waals surface area contributed by atoms with Gasteiger partial charge in [-0.1, -0.05) is 29.3 Å². The number of hydrogen-bond donors (Lipinski definition) is 2. The van der Waals surface area contributed by atoms with Gasteiger partial charge in [0.25, 0.3) is 0 Å². The molecule has 0 aliphatic rings. The minimum Gasteiger partial charge on any atom is -0.322 e. The van der Waals surface area contributed by atoms with Gasteiger partial charge in [-0.2, -0.15) is 0 Å². The van der Waals surface area contributed by atoms with Crippen molar-refractivity contribution in [2.45, 2.75) is 0 Å². The first-order valence-corrected chi connectivity index (χ1v) is 8.21. The standard InChI is InChI=1S/C14H14Cl2N4O2S/c1-20(8-12(22)19-14-17-5-6-23-14)7-11(21)18-13-9(15)3-2-4-10(13)16/h2-6H,7-8H2,1H3,(H,18,21)(H,17,19,22). The van der Waals surface area contributed by atoms with E-state index < -0.39 is 0 Å². The van der Waals surface area contributed by atoms with Crippen LogP contribution in [0.1, 0.15) is 0 Å². The number of carbonyl (C=O) groups excluding carboxylic acids is 2. The van der Waals surface area contributed by atoms with Crippen molar-refractivity contribution in [2.24, 2.45) is 0 Å². The van der Waals surface area contributed by atoms with Gasteiger partial charge in [0.15, 0.2) is 5.13 Å². The molecule has 0 bridgehead atoms. The fourth-order valence-corrected chi connectivity index (χ4v) is 2.82. The summed E-state index contributed by atoms with van der Waals surface area (Å²) in [5.41, 5.74) is 0.362. The Morgan fingerprint density at radius 2 is 1.78 bits per heavy atom. The molecule has 1 aromatic carbocycles. The molecule has 0 radical (unpaired) electrons. The number of anilines is 2. The van der Waals surface area contributed by atoms with E-state index in [9.17, 15) is 9.59 Å². The molecule has 2 rings (SSSR count). The monoisotopic (exact) mass is 372 g/mol. The van der Waals surface area contributed by atoms with Crippen molar-refractivity contribution in [3.8, 4) is 0 Å². The summed E-state index contributed by atoms with van der Waals surface area (Å²) in [6.07, 6.45) is 1.60. The lowest BCUT2D eigenvalue weighted by atomic mass is 10.3. The van der Waals surface area contributed by atoms with Gasteiger partial charge < -0.3 is 10.6 Å². The Hall–Kier alpha value is -1.67. The highest BCUT2D eigenvalue weighted by atomic mass is 35.5. The third-order valence-electron chi connectivity index (χ3n) is 2.73. The lowest BCUT2D eigenvalue weighted by molar-refractivity contribution is -0.119. The van der Waals surface area contributed by atoms with Crippen LogP contribution in [-0.4, -0.2) is 41.8 Å². The quantitative estimate of drug-likeness (QED) is 0.817. The van der Waals surface area contributed by atoms with Gasteiger partial charge in [0.05, 0.1) is 28.8 Å². The van der Waals surface area contributed by atoms with E-state index in [1.54, 1.807) is 41.7 Å². The van der Waals surface area contributed by atoms with Gasteiger partial charge in [-0.05, 0) is 19.2 Å². The number of likely N-dealkylation sites (N-methyl/N-ethyl adjacent to an activating group) is 1. The van der Waals surface area contributed by atoms with Crippen LogP contribution < -0.4 is 10.6 Å². The molecule has 1 heterocycles. The van der Waals surface area contributed by atoms with Crippen molar-refractivity contribution in [2.75, 3.05) is 30.8 Å². The predicted octanol–water partition coefficient (Wildman–Crippen LogP) is 2.96. The molecule has 2 N–H and O–H groups in total. The normalized spacial score (nSPS) is 10.6. The fraction of sp³-hybridized carbons (Fsp3) is 0.214. The van der Waals surface area contributed by atoms with Gasteiger partial charge in [-0.3, -0.25) is 14.5 Å². The maximum absolute atomic E-state index is 12.0. The largest absolute Gasteiger partial charge is 0.322 e. The van der Waals surface area contributed by atoms with Crippen LogP contribution in [0.15, 0.2) is 29.8 Å². The maximum Gasteiger partial charge on any atom is 0.240 e. The van der Waals surface area contributed by atoms with E-state index in [1.165, 1.54) is 11.3 Å². The average Bonchev–Trinajstić information content (AvgIpc) is 2.95. The molecule has 0 saturated carbocycles. The van der Waals surface area contributed by atoms with Crippen molar-refractivity contribution in [3.05, 3.63) is 39.8 Å². The lowest BCUT2D eigenvalue weighted by Crippen LogP contribution is -2.36. The van der Waals surface area contributed by atoms with Crippen molar-refractivity contribution in [1.29, 1.82) is 0 Å². The first-order chi connectivity index (χ1) is 11.0. The number of nitrogens with one attached hydrogen (secondary N) is 2. The van der Waals surface area contributed by atoms with Crippen molar-refractivity contribution in [1.82, 2.24) is 9.88 Å². The van der Waals surface area contributed by atoms with E-state index in [-0.39, 0.29) is 24.9 Å². The summed E-state index contributed by atoms with van der Waals surface area (Å²) in [6, 6.07) is 4.96. The van der Waals surface area contributed by atoms with E-state index in [1.807, 2.05) is 0 Å². The highest BCUT2D eigenvalue weighted by Crippen LogP contribution is 2.29. The van der Waals surface area contributed by atoms with Gasteiger partial charge in [-0.25, -0.2) is 4.98 Å². The predicted molar refractivity (Wildman–Crippen MR) is 93.3 cm³/mol. The number of thiazole rings is 1. The molecule has 0 aliphatic carbocycles. The number of nitrogens with zero attached hydrogens (tertiary/aromatic N) is 2. The molecule has 6 nitrogen and oxygen atoms in total. The minimum absolute atomic E-state index is 0.0207. The number of hydrogen-bond acceptors (Lipinski definition) is 5. The highest BCUT2D eigenvalue weighted by molar-refractivity contribution is 7.13. The molecular formula is C14H14Cl2N4O2S. The van der Waals surface area contributed by atoms with Crippen LogP contribution >= 0.6 is 34.5 Å². The highest BCUT2D eigenvalue weighted by Gasteiger charge is 2.14. The fourth-order valence-electron chi connectivity index (χ4n) is 1.79. The molecule has 0 saturated heterocycles. The zero-order valence-corrected chi connectivity index (χ0v) is 14.5. The number of halogens is 2. The van der Waals surface area contributed by atoms with Crippen molar-refractivity contribution in [3.63, 3.8) is 0 Å². The summed E-state index contributed by atoms with van der Waals surface area (Å²) in [4.78, 5) is 29.4. The molecule has 122 valence electrons. The number of rotatable bonds is 6. The lowest BCUT2D eigenvalue weighted by Gasteiger charge is -2.16. The summed E-state index contributed by atoms with van der Waals surface area (Å²) >= 11 is 13.3. The van der Waals surface area contributed by atoms with Gasteiger partial charge in [0, 0.05) is 11.6 Å². The zero-order chi connectivity index (χ0) is 16.8. The van der Waals surface area contributed by atoms with Crippen LogP contribution in [0.3, 0.4) is 0 Å². The summed E-state index contributed by atoms with van der Waals surface area (Å²) in [5.74, 6) is -0.560. The van der Waals surface area contributed by atoms with Gasteiger partial charge in [0.2, 0.25) is 11.8 Å². The Kier molecular flexibility index (Phi) is 6.35. The van der Waals surface area contributed by atoms with Crippen LogP contribution in [0.5, 0.6) is 0 Å². The topological polar surface area (TPSA) is 74.3 Å². The minimum atomic E-state index is -0.315. The average molecular weight is 373 g/mol. The van der Waals surface area contributed by atoms with E-state index >= 15 is 0 Å². The van der Waals surface area contributed by atoms with Crippen LogP contribution in [-0.2, 0) is 9.59 Å². The molecule has 1 aromatic heterocycles.